The molecule has 1 aromatic heterocycles. The van der Waals surface area contributed by atoms with Crippen molar-refractivity contribution in [1.82, 2.24) is 14.9 Å². The van der Waals surface area contributed by atoms with E-state index in [1.54, 1.807) is 6.07 Å². The third-order valence-corrected chi connectivity index (χ3v) is 4.69. The molecule has 1 aliphatic heterocycles. The fourth-order valence-electron chi connectivity index (χ4n) is 3.43. The number of carbonyl (C=O) groups is 1. The van der Waals surface area contributed by atoms with Crippen LogP contribution in [0, 0.1) is 0 Å². The summed E-state index contributed by atoms with van der Waals surface area (Å²) in [4.78, 5) is 33.5. The maximum atomic E-state index is 12.2. The summed E-state index contributed by atoms with van der Waals surface area (Å²) < 4.78 is 0. The van der Waals surface area contributed by atoms with Crippen LogP contribution >= 0.6 is 0 Å². The van der Waals surface area contributed by atoms with Crippen molar-refractivity contribution in [1.29, 1.82) is 0 Å². The fourth-order valence-corrected chi connectivity index (χ4v) is 3.43. The molecule has 2 heterocycles. The molecule has 1 amide bonds. The van der Waals surface area contributed by atoms with Crippen molar-refractivity contribution in [2.75, 3.05) is 0 Å². The summed E-state index contributed by atoms with van der Waals surface area (Å²) in [5, 5.41) is 0.557. The second-order valence-corrected chi connectivity index (χ2v) is 6.33. The van der Waals surface area contributed by atoms with Crippen LogP contribution in [0.5, 0.6) is 0 Å². The monoisotopic (exact) mass is 334 g/mol. The van der Waals surface area contributed by atoms with Gasteiger partial charge in [-0.05, 0) is 29.7 Å². The SMILES string of the molecule is NC(=O)[C@@H]1Cc2ccccc2CN1Cc1nc2ccccc2c(=O)[nH]1. The third-order valence-electron chi connectivity index (χ3n) is 4.69. The summed E-state index contributed by atoms with van der Waals surface area (Å²) in [6.07, 6.45) is 0.573. The van der Waals surface area contributed by atoms with Gasteiger partial charge in [0.25, 0.3) is 5.56 Å². The first-order chi connectivity index (χ1) is 12.1. The Morgan fingerprint density at radius 3 is 2.68 bits per heavy atom. The summed E-state index contributed by atoms with van der Waals surface area (Å²) in [6, 6.07) is 14.8. The molecule has 0 aliphatic carbocycles. The van der Waals surface area contributed by atoms with Crippen molar-refractivity contribution in [3.05, 3.63) is 75.8 Å². The van der Waals surface area contributed by atoms with E-state index in [0.717, 1.165) is 5.56 Å². The van der Waals surface area contributed by atoms with Crippen LogP contribution in [0.25, 0.3) is 10.9 Å². The number of amides is 1. The highest BCUT2D eigenvalue weighted by atomic mass is 16.1. The van der Waals surface area contributed by atoms with E-state index in [1.165, 1.54) is 5.56 Å². The number of nitrogens with one attached hydrogen (secondary N) is 1. The Bertz CT molecular complexity index is 1010. The van der Waals surface area contributed by atoms with E-state index in [1.807, 2.05) is 41.3 Å². The predicted octanol–water partition coefficient (Wildman–Crippen LogP) is 1.34. The molecule has 0 bridgehead atoms. The van der Waals surface area contributed by atoms with Gasteiger partial charge in [0.15, 0.2) is 0 Å². The summed E-state index contributed by atoms with van der Waals surface area (Å²) in [7, 11) is 0. The lowest BCUT2D eigenvalue weighted by Gasteiger charge is -2.34. The highest BCUT2D eigenvalue weighted by molar-refractivity contribution is 5.80. The molecule has 0 saturated heterocycles. The number of aromatic amines is 1. The molecule has 126 valence electrons. The molecule has 1 atom stereocenters. The standard InChI is InChI=1S/C19H18N4O2/c20-18(24)16-9-12-5-1-2-6-13(12)10-23(16)11-17-21-15-8-4-3-7-14(15)19(25)22-17/h1-8,16H,9-11H2,(H2,20,24)(H,21,22,25)/t16-/m0/s1. The van der Waals surface area contributed by atoms with Crippen LogP contribution < -0.4 is 11.3 Å². The van der Waals surface area contributed by atoms with Gasteiger partial charge in [-0.2, -0.15) is 0 Å². The molecule has 25 heavy (non-hydrogen) atoms. The second kappa shape index (κ2) is 6.14. The van der Waals surface area contributed by atoms with Crippen LogP contribution in [0.1, 0.15) is 17.0 Å². The minimum absolute atomic E-state index is 0.173. The van der Waals surface area contributed by atoms with Gasteiger partial charge in [0.05, 0.1) is 23.5 Å². The van der Waals surface area contributed by atoms with Crippen molar-refractivity contribution in [2.45, 2.75) is 25.6 Å². The highest BCUT2D eigenvalue weighted by Crippen LogP contribution is 2.24. The van der Waals surface area contributed by atoms with Gasteiger partial charge in [-0.15, -0.1) is 0 Å². The number of H-pyrrole nitrogens is 1. The molecule has 6 nitrogen and oxygen atoms in total. The minimum Gasteiger partial charge on any atom is -0.368 e. The number of nitrogens with zero attached hydrogens (tertiary/aromatic N) is 2. The fraction of sp³-hybridized carbons (Fsp3) is 0.211. The molecule has 6 heteroatoms. The van der Waals surface area contributed by atoms with Crippen molar-refractivity contribution < 1.29 is 4.79 Å². The van der Waals surface area contributed by atoms with Crippen LogP contribution in [0.3, 0.4) is 0 Å². The molecule has 2 aromatic carbocycles. The number of carbonyl (C=O) groups excluding carboxylic acids is 1. The zero-order valence-electron chi connectivity index (χ0n) is 13.6. The lowest BCUT2D eigenvalue weighted by Crippen LogP contribution is -2.48. The first-order valence-corrected chi connectivity index (χ1v) is 8.20. The Balaban J connectivity index is 1.69. The Kier molecular flexibility index (Phi) is 3.82. The second-order valence-electron chi connectivity index (χ2n) is 6.33. The van der Waals surface area contributed by atoms with E-state index >= 15 is 0 Å². The number of hydrogen-bond acceptors (Lipinski definition) is 4. The van der Waals surface area contributed by atoms with E-state index in [-0.39, 0.29) is 11.5 Å². The van der Waals surface area contributed by atoms with Gasteiger partial charge in [-0.1, -0.05) is 36.4 Å². The topological polar surface area (TPSA) is 92.1 Å². The van der Waals surface area contributed by atoms with Crippen LogP contribution in [0.4, 0.5) is 0 Å². The molecule has 1 aliphatic rings. The molecule has 4 rings (SSSR count). The molecule has 0 fully saturated rings. The van der Waals surface area contributed by atoms with Gasteiger partial charge in [-0.3, -0.25) is 14.5 Å². The number of benzene rings is 2. The number of rotatable bonds is 3. The number of aromatic nitrogens is 2. The van der Waals surface area contributed by atoms with E-state index in [2.05, 4.69) is 16.0 Å². The molecular formula is C19H18N4O2. The molecule has 0 radical (unpaired) electrons. The summed E-state index contributed by atoms with van der Waals surface area (Å²) >= 11 is 0. The minimum atomic E-state index is -0.410. The van der Waals surface area contributed by atoms with Gasteiger partial charge in [-0.25, -0.2) is 4.98 Å². The van der Waals surface area contributed by atoms with Crippen molar-refractivity contribution >= 4 is 16.8 Å². The Labute approximate surface area is 144 Å². The van der Waals surface area contributed by atoms with Gasteiger partial charge >= 0.3 is 0 Å². The average molecular weight is 334 g/mol. The predicted molar refractivity (Wildman–Crippen MR) is 94.7 cm³/mol. The molecule has 0 unspecified atom stereocenters. The zero-order valence-corrected chi connectivity index (χ0v) is 13.6. The zero-order chi connectivity index (χ0) is 17.4. The maximum Gasteiger partial charge on any atom is 0.258 e. The van der Waals surface area contributed by atoms with Crippen LogP contribution in [0.15, 0.2) is 53.3 Å². The third kappa shape index (κ3) is 2.92. The lowest BCUT2D eigenvalue weighted by molar-refractivity contribution is -0.124. The number of fused-ring (bicyclic) bond motifs is 2. The molecule has 3 aromatic rings. The van der Waals surface area contributed by atoms with Crippen LogP contribution in [0.2, 0.25) is 0 Å². The van der Waals surface area contributed by atoms with E-state index in [9.17, 15) is 9.59 Å². The van der Waals surface area contributed by atoms with Crippen molar-refractivity contribution in [3.63, 3.8) is 0 Å². The Morgan fingerprint density at radius 2 is 1.88 bits per heavy atom. The maximum absolute atomic E-state index is 12.2. The Morgan fingerprint density at radius 1 is 1.16 bits per heavy atom. The summed E-state index contributed by atoms with van der Waals surface area (Å²) in [5.41, 5.74) is 8.40. The van der Waals surface area contributed by atoms with Crippen LogP contribution in [-0.2, 0) is 24.3 Å². The van der Waals surface area contributed by atoms with E-state index in [0.29, 0.717) is 36.2 Å². The highest BCUT2D eigenvalue weighted by Gasteiger charge is 2.30. The largest absolute Gasteiger partial charge is 0.368 e. The molecule has 0 spiro atoms. The van der Waals surface area contributed by atoms with E-state index in [4.69, 9.17) is 5.73 Å². The molecule has 3 N–H and O–H groups in total. The lowest BCUT2D eigenvalue weighted by atomic mass is 9.93. The van der Waals surface area contributed by atoms with Gasteiger partial charge in [0.2, 0.25) is 5.91 Å². The first-order valence-electron chi connectivity index (χ1n) is 8.20. The smallest absolute Gasteiger partial charge is 0.258 e. The van der Waals surface area contributed by atoms with Crippen LogP contribution in [-0.4, -0.2) is 26.8 Å². The quantitative estimate of drug-likeness (QED) is 0.756. The summed E-state index contributed by atoms with van der Waals surface area (Å²) in [6.45, 7) is 0.961. The normalized spacial score (nSPS) is 17.4. The molecular weight excluding hydrogens is 316 g/mol. The van der Waals surface area contributed by atoms with Gasteiger partial charge < -0.3 is 10.7 Å². The van der Waals surface area contributed by atoms with Gasteiger partial charge in [0, 0.05) is 6.54 Å². The first kappa shape index (κ1) is 15.5. The summed E-state index contributed by atoms with van der Waals surface area (Å²) in [5.74, 6) is 0.173. The van der Waals surface area contributed by atoms with Crippen molar-refractivity contribution in [3.8, 4) is 0 Å². The molecule has 0 saturated carbocycles. The number of primary amides is 1. The number of hydrogen-bond donors (Lipinski definition) is 2. The van der Waals surface area contributed by atoms with E-state index < -0.39 is 6.04 Å². The number of nitrogens with two attached hydrogens (primary N) is 1. The van der Waals surface area contributed by atoms with Crippen molar-refractivity contribution in [2.24, 2.45) is 5.73 Å². The average Bonchev–Trinajstić information content (AvgIpc) is 2.61. The van der Waals surface area contributed by atoms with Gasteiger partial charge in [0.1, 0.15) is 5.82 Å². The Hall–Kier alpha value is -2.99. The number of para-hydroxylation sites is 1.